The number of ether oxygens (including phenoxy) is 3. The average molecular weight is 395 g/mol. The second kappa shape index (κ2) is 11.2. The Kier molecular flexibility index (Phi) is 9.61. The number of amides is 1. The number of hydrogen-bond acceptors (Lipinski definition) is 5. The number of rotatable bonds is 8. The molecule has 6 nitrogen and oxygen atoms in total. The first-order chi connectivity index (χ1) is 12.0. The molecule has 26 heavy (non-hydrogen) atoms. The van der Waals surface area contributed by atoms with E-state index in [9.17, 15) is 13.6 Å². The number of carbonyl (C=O) groups excluding carboxylic acids is 1. The highest BCUT2D eigenvalue weighted by Crippen LogP contribution is 2.29. The summed E-state index contributed by atoms with van der Waals surface area (Å²) in [5.41, 5.74) is 6.75. The predicted molar refractivity (Wildman–Crippen MR) is 95.1 cm³/mol. The number of nitrogens with two attached hydrogens (primary N) is 1. The second-order valence-corrected chi connectivity index (χ2v) is 5.88. The molecule has 1 aromatic rings. The van der Waals surface area contributed by atoms with Gasteiger partial charge in [-0.15, -0.1) is 12.4 Å². The molecular weight excluding hydrogens is 370 g/mol. The summed E-state index contributed by atoms with van der Waals surface area (Å²) in [4.78, 5) is 12.1. The molecule has 1 aliphatic heterocycles. The lowest BCUT2D eigenvalue weighted by molar-refractivity contribution is -0.124. The molecule has 2 rings (SSSR count). The van der Waals surface area contributed by atoms with Crippen molar-refractivity contribution in [1.82, 2.24) is 5.32 Å². The van der Waals surface area contributed by atoms with Crippen molar-refractivity contribution in [3.8, 4) is 11.5 Å². The first-order valence-electron chi connectivity index (χ1n) is 8.24. The molecule has 3 N–H and O–H groups in total. The average Bonchev–Trinajstić information content (AvgIpc) is 2.61. The van der Waals surface area contributed by atoms with Gasteiger partial charge in [0, 0.05) is 19.8 Å². The standard InChI is InChI=1S/C17H24F2N2O4.ClH/c1-23-13-3-2-11(10-14(13)25-17(18)19)4-7-21-16(22)15(20)12-5-8-24-9-6-12;/h2-3,10,12,15,17H,4-9,20H2,1H3,(H,21,22);1H. The molecule has 0 aromatic heterocycles. The molecule has 1 aliphatic rings. The summed E-state index contributed by atoms with van der Waals surface area (Å²) < 4.78 is 39.6. The Morgan fingerprint density at radius 3 is 2.65 bits per heavy atom. The third-order valence-corrected chi connectivity index (χ3v) is 4.23. The number of halogens is 3. The smallest absolute Gasteiger partial charge is 0.387 e. The van der Waals surface area contributed by atoms with Crippen molar-refractivity contribution in [2.24, 2.45) is 11.7 Å². The second-order valence-electron chi connectivity index (χ2n) is 5.88. The molecule has 0 bridgehead atoms. The minimum absolute atomic E-state index is 0. The number of alkyl halides is 2. The number of carbonyl (C=O) groups is 1. The number of hydrogen-bond donors (Lipinski definition) is 2. The molecule has 0 spiro atoms. The quantitative estimate of drug-likeness (QED) is 0.705. The summed E-state index contributed by atoms with van der Waals surface area (Å²) >= 11 is 0. The van der Waals surface area contributed by atoms with E-state index in [1.807, 2.05) is 0 Å². The summed E-state index contributed by atoms with van der Waals surface area (Å²) in [7, 11) is 1.38. The SMILES string of the molecule is COc1ccc(CCNC(=O)C(N)C2CCOCC2)cc1OC(F)F.Cl. The largest absolute Gasteiger partial charge is 0.493 e. The Morgan fingerprint density at radius 2 is 2.04 bits per heavy atom. The van der Waals surface area contributed by atoms with Crippen LogP contribution >= 0.6 is 12.4 Å². The maximum atomic E-state index is 12.4. The summed E-state index contributed by atoms with van der Waals surface area (Å²) in [5, 5.41) is 2.79. The Labute approximate surface area is 157 Å². The van der Waals surface area contributed by atoms with Crippen LogP contribution in [0.25, 0.3) is 0 Å². The summed E-state index contributed by atoms with van der Waals surface area (Å²) in [5.74, 6) is 0.125. The first kappa shape index (κ1) is 22.4. The normalized spacial score (nSPS) is 15.9. The van der Waals surface area contributed by atoms with E-state index >= 15 is 0 Å². The van der Waals surface area contributed by atoms with Crippen molar-refractivity contribution in [2.75, 3.05) is 26.9 Å². The lowest BCUT2D eigenvalue weighted by atomic mass is 9.92. The van der Waals surface area contributed by atoms with Gasteiger partial charge in [0.1, 0.15) is 0 Å². The first-order valence-corrected chi connectivity index (χ1v) is 8.24. The Hall–Kier alpha value is -1.64. The minimum atomic E-state index is -2.93. The van der Waals surface area contributed by atoms with Crippen molar-refractivity contribution in [3.05, 3.63) is 23.8 Å². The summed E-state index contributed by atoms with van der Waals surface area (Å²) in [6, 6.07) is 4.22. The highest BCUT2D eigenvalue weighted by Gasteiger charge is 2.26. The zero-order valence-electron chi connectivity index (χ0n) is 14.6. The fraction of sp³-hybridized carbons (Fsp3) is 0.588. The minimum Gasteiger partial charge on any atom is -0.493 e. The molecular formula is C17H25ClF2N2O4. The van der Waals surface area contributed by atoms with Crippen molar-refractivity contribution in [2.45, 2.75) is 31.9 Å². The van der Waals surface area contributed by atoms with Gasteiger partial charge in [-0.05, 0) is 42.9 Å². The van der Waals surface area contributed by atoms with E-state index in [4.69, 9.17) is 15.2 Å². The summed E-state index contributed by atoms with van der Waals surface area (Å²) in [6.45, 7) is -1.31. The van der Waals surface area contributed by atoms with E-state index in [0.717, 1.165) is 18.4 Å². The van der Waals surface area contributed by atoms with E-state index < -0.39 is 12.7 Å². The van der Waals surface area contributed by atoms with Crippen LogP contribution in [0.1, 0.15) is 18.4 Å². The fourth-order valence-corrected chi connectivity index (χ4v) is 2.80. The number of nitrogens with one attached hydrogen (secondary N) is 1. The third-order valence-electron chi connectivity index (χ3n) is 4.23. The van der Waals surface area contributed by atoms with Gasteiger partial charge in [0.15, 0.2) is 11.5 Å². The zero-order valence-corrected chi connectivity index (χ0v) is 15.4. The molecule has 1 fully saturated rings. The van der Waals surface area contributed by atoms with Crippen LogP contribution in [0.4, 0.5) is 8.78 Å². The Balaban J connectivity index is 0.00000338. The van der Waals surface area contributed by atoms with Gasteiger partial charge in [-0.25, -0.2) is 0 Å². The van der Waals surface area contributed by atoms with Gasteiger partial charge in [0.05, 0.1) is 13.2 Å². The van der Waals surface area contributed by atoms with Crippen LogP contribution in [0.15, 0.2) is 18.2 Å². The zero-order chi connectivity index (χ0) is 18.2. The topological polar surface area (TPSA) is 82.8 Å². The molecule has 1 atom stereocenters. The van der Waals surface area contributed by atoms with Crippen LogP contribution in [0, 0.1) is 5.92 Å². The highest BCUT2D eigenvalue weighted by atomic mass is 35.5. The van der Waals surface area contributed by atoms with E-state index in [1.54, 1.807) is 12.1 Å². The van der Waals surface area contributed by atoms with E-state index in [-0.39, 0.29) is 35.7 Å². The lowest BCUT2D eigenvalue weighted by Gasteiger charge is -2.26. The van der Waals surface area contributed by atoms with Gasteiger partial charge < -0.3 is 25.3 Å². The number of benzene rings is 1. The molecule has 9 heteroatoms. The number of methoxy groups -OCH3 is 1. The van der Waals surface area contributed by atoms with Gasteiger partial charge in [0.2, 0.25) is 5.91 Å². The van der Waals surface area contributed by atoms with Gasteiger partial charge in [-0.3, -0.25) is 4.79 Å². The molecule has 1 heterocycles. The summed E-state index contributed by atoms with van der Waals surface area (Å²) in [6.07, 6.45) is 2.03. The monoisotopic (exact) mass is 394 g/mol. The molecule has 1 amide bonds. The van der Waals surface area contributed by atoms with Gasteiger partial charge in [-0.2, -0.15) is 8.78 Å². The van der Waals surface area contributed by atoms with E-state index in [1.165, 1.54) is 13.2 Å². The van der Waals surface area contributed by atoms with Crippen molar-refractivity contribution < 1.29 is 27.8 Å². The van der Waals surface area contributed by atoms with Crippen LogP contribution < -0.4 is 20.5 Å². The van der Waals surface area contributed by atoms with Crippen LogP contribution in [-0.4, -0.2) is 45.4 Å². The van der Waals surface area contributed by atoms with Crippen LogP contribution in [-0.2, 0) is 16.0 Å². The van der Waals surface area contributed by atoms with E-state index in [2.05, 4.69) is 10.1 Å². The Bertz CT molecular complexity index is 572. The predicted octanol–water partition coefficient (Wildman–Crippen LogP) is 2.13. The van der Waals surface area contributed by atoms with Crippen LogP contribution in [0.2, 0.25) is 0 Å². The Morgan fingerprint density at radius 1 is 1.35 bits per heavy atom. The molecule has 1 unspecified atom stereocenters. The van der Waals surface area contributed by atoms with Crippen molar-refractivity contribution in [1.29, 1.82) is 0 Å². The van der Waals surface area contributed by atoms with Gasteiger partial charge in [0.25, 0.3) is 0 Å². The molecule has 1 saturated heterocycles. The van der Waals surface area contributed by atoms with Crippen LogP contribution in [0.5, 0.6) is 11.5 Å². The fourth-order valence-electron chi connectivity index (χ4n) is 2.80. The lowest BCUT2D eigenvalue weighted by Crippen LogP contribution is -2.47. The van der Waals surface area contributed by atoms with E-state index in [0.29, 0.717) is 26.2 Å². The molecule has 0 radical (unpaired) electrons. The van der Waals surface area contributed by atoms with Crippen molar-refractivity contribution >= 4 is 18.3 Å². The molecule has 148 valence electrons. The third kappa shape index (κ3) is 6.59. The van der Waals surface area contributed by atoms with Crippen molar-refractivity contribution in [3.63, 3.8) is 0 Å². The molecule has 1 aromatic carbocycles. The maximum Gasteiger partial charge on any atom is 0.387 e. The van der Waals surface area contributed by atoms with Gasteiger partial charge in [-0.1, -0.05) is 6.07 Å². The van der Waals surface area contributed by atoms with Gasteiger partial charge >= 0.3 is 6.61 Å². The van der Waals surface area contributed by atoms with Crippen LogP contribution in [0.3, 0.4) is 0 Å². The molecule has 0 saturated carbocycles. The highest BCUT2D eigenvalue weighted by molar-refractivity contribution is 5.85. The molecule has 0 aliphatic carbocycles. The maximum absolute atomic E-state index is 12.4.